The lowest BCUT2D eigenvalue weighted by Crippen LogP contribution is -2.33. The predicted molar refractivity (Wildman–Crippen MR) is 227 cm³/mol. The van der Waals surface area contributed by atoms with Crippen LogP contribution in [0, 0.1) is 17.3 Å². The third-order valence-corrected chi connectivity index (χ3v) is 13.9. The first-order chi connectivity index (χ1) is 24.6. The van der Waals surface area contributed by atoms with Gasteiger partial charge in [0.05, 0.1) is 0 Å². The average Bonchev–Trinajstić information content (AvgIpc) is 3.46. The molecule has 0 spiro atoms. The van der Waals surface area contributed by atoms with E-state index in [4.69, 9.17) is 0 Å². The molecule has 2 unspecified atom stereocenters. The molecule has 0 amide bonds. The van der Waals surface area contributed by atoms with E-state index in [1.165, 1.54) is 100 Å². The molecule has 0 heteroatoms. The van der Waals surface area contributed by atoms with Crippen molar-refractivity contribution in [3.63, 3.8) is 0 Å². The summed E-state index contributed by atoms with van der Waals surface area (Å²) in [5, 5.41) is 0. The smallest absolute Gasteiger partial charge is 0.0208 e. The number of hydrogen-bond donors (Lipinski definition) is 0. The fourth-order valence-corrected chi connectivity index (χ4v) is 10.9. The molecule has 6 aliphatic rings. The van der Waals surface area contributed by atoms with Gasteiger partial charge in [0.1, 0.15) is 0 Å². The molecule has 0 saturated carbocycles. The molecule has 0 aromatic heterocycles. The Hall–Kier alpha value is -4.16. The van der Waals surface area contributed by atoms with Gasteiger partial charge in [-0.3, -0.25) is 0 Å². The Bertz CT molecular complexity index is 2420. The summed E-state index contributed by atoms with van der Waals surface area (Å²) in [4.78, 5) is 0. The molecule has 3 aromatic carbocycles. The number of rotatable bonds is 1. The summed E-state index contributed by atoms with van der Waals surface area (Å²) in [6.07, 6.45) is 14.9. The molecular weight excluding hydrogens is 637 g/mol. The van der Waals surface area contributed by atoms with Crippen molar-refractivity contribution in [1.82, 2.24) is 0 Å². The number of benzene rings is 3. The van der Waals surface area contributed by atoms with Crippen molar-refractivity contribution in [1.29, 1.82) is 0 Å². The molecule has 6 aliphatic carbocycles. The van der Waals surface area contributed by atoms with Gasteiger partial charge in [-0.25, -0.2) is 0 Å². The lowest BCUT2D eigenvalue weighted by atomic mass is 9.58. The van der Waals surface area contributed by atoms with Gasteiger partial charge < -0.3 is 0 Å². The highest BCUT2D eigenvalue weighted by molar-refractivity contribution is 6.01. The minimum absolute atomic E-state index is 0.0165. The van der Waals surface area contributed by atoms with E-state index < -0.39 is 0 Å². The minimum atomic E-state index is -0.165. The molecule has 0 fully saturated rings. The van der Waals surface area contributed by atoms with Gasteiger partial charge in [0.2, 0.25) is 0 Å². The predicted octanol–water partition coefficient (Wildman–Crippen LogP) is 14.2. The Morgan fingerprint density at radius 3 is 1.92 bits per heavy atom. The highest BCUT2D eigenvalue weighted by atomic mass is 14.5. The average molecular weight is 695 g/mol. The van der Waals surface area contributed by atoms with Crippen LogP contribution in [0.2, 0.25) is 0 Å². The Morgan fingerprint density at radius 1 is 0.566 bits per heavy atom. The molecule has 53 heavy (non-hydrogen) atoms. The van der Waals surface area contributed by atoms with Gasteiger partial charge in [0, 0.05) is 22.7 Å². The van der Waals surface area contributed by atoms with Crippen LogP contribution in [0.3, 0.4) is 0 Å². The number of hydrogen-bond acceptors (Lipinski definition) is 0. The molecule has 0 nitrogen and oxygen atoms in total. The lowest BCUT2D eigenvalue weighted by Gasteiger charge is -2.45. The van der Waals surface area contributed by atoms with E-state index in [1.54, 1.807) is 0 Å². The van der Waals surface area contributed by atoms with Crippen LogP contribution in [0.15, 0.2) is 124 Å². The summed E-state index contributed by atoms with van der Waals surface area (Å²) < 4.78 is 0. The fraction of sp³-hybridized carbons (Fsp3) is 0.396. The molecule has 0 bridgehead atoms. The monoisotopic (exact) mass is 694 g/mol. The molecule has 2 atom stereocenters. The first kappa shape index (κ1) is 34.6. The van der Waals surface area contributed by atoms with Crippen LogP contribution in [0.25, 0.3) is 27.8 Å². The van der Waals surface area contributed by atoms with Crippen molar-refractivity contribution in [3.05, 3.63) is 157 Å². The summed E-state index contributed by atoms with van der Waals surface area (Å²) in [6, 6.07) is 19.7. The van der Waals surface area contributed by atoms with E-state index in [0.717, 1.165) is 0 Å². The maximum absolute atomic E-state index is 2.56. The lowest BCUT2D eigenvalue weighted by molar-refractivity contribution is 0.499. The third-order valence-electron chi connectivity index (χ3n) is 13.9. The Labute approximate surface area is 319 Å². The van der Waals surface area contributed by atoms with Crippen LogP contribution in [-0.4, -0.2) is 0 Å². The zero-order valence-corrected chi connectivity index (χ0v) is 34.7. The van der Waals surface area contributed by atoms with E-state index in [2.05, 4.69) is 182 Å². The summed E-state index contributed by atoms with van der Waals surface area (Å²) in [6.45, 7) is 33.5. The van der Waals surface area contributed by atoms with Crippen LogP contribution in [-0.2, 0) is 21.7 Å². The molecule has 270 valence electrons. The second-order valence-corrected chi connectivity index (χ2v) is 21.1. The normalized spacial score (nSPS) is 23.1. The highest BCUT2D eigenvalue weighted by Crippen LogP contribution is 2.64. The van der Waals surface area contributed by atoms with Crippen LogP contribution in [0.5, 0.6) is 0 Å². The van der Waals surface area contributed by atoms with Crippen LogP contribution in [0.1, 0.15) is 130 Å². The maximum atomic E-state index is 2.56. The largest absolute Gasteiger partial charge is 0.0610 e. The standard InChI is InChI=1S/C53H58/c1-29-35-21-18-30-24-33(50(5,6)7)25-31-19-22-38(45(35)43(30)31)46-39-17-15-16-36(48(39)53(13,14)47(29)46)40-26-34(51(8,9)10)28-42-44(40)37-23-20-32(49(2,3)4)27-41(37)52(42,11)12/h15-28,43,45H,1-14H3. The second kappa shape index (κ2) is 10.5. The Balaban J connectivity index is 1.30. The highest BCUT2D eigenvalue weighted by Gasteiger charge is 2.50. The Kier molecular flexibility index (Phi) is 6.87. The Morgan fingerprint density at radius 2 is 1.25 bits per heavy atom. The zero-order chi connectivity index (χ0) is 37.9. The summed E-state index contributed by atoms with van der Waals surface area (Å²) in [5.74, 6) is 0.732. The van der Waals surface area contributed by atoms with E-state index in [1.807, 2.05) is 0 Å². The summed E-state index contributed by atoms with van der Waals surface area (Å²) in [5.41, 5.74) is 26.1. The first-order valence-electron chi connectivity index (χ1n) is 20.1. The molecule has 0 radical (unpaired) electrons. The first-order valence-corrected chi connectivity index (χ1v) is 20.1. The molecule has 0 saturated heterocycles. The van der Waals surface area contributed by atoms with Gasteiger partial charge in [-0.1, -0.05) is 169 Å². The minimum Gasteiger partial charge on any atom is -0.0610 e. The van der Waals surface area contributed by atoms with E-state index in [-0.39, 0.29) is 27.1 Å². The zero-order valence-electron chi connectivity index (χ0n) is 34.7. The molecule has 9 rings (SSSR count). The fourth-order valence-electron chi connectivity index (χ4n) is 10.9. The SMILES string of the molecule is CC1=C2C=CC3=CC(C(C)(C)C)=CC4=CC=C(C5=C1C(C)(C)c1c5cccc1-c1cc(C(C)(C)C)cc5c1-c1ccc(C(C)(C)C)cc1C5(C)C)C2C43. The molecule has 0 N–H and O–H groups in total. The summed E-state index contributed by atoms with van der Waals surface area (Å²) >= 11 is 0. The van der Waals surface area contributed by atoms with Crippen LogP contribution < -0.4 is 0 Å². The quantitative estimate of drug-likeness (QED) is 0.238. The van der Waals surface area contributed by atoms with Gasteiger partial charge in [-0.05, 0) is 129 Å². The van der Waals surface area contributed by atoms with Crippen molar-refractivity contribution >= 4 is 5.57 Å². The van der Waals surface area contributed by atoms with Crippen molar-refractivity contribution in [2.75, 3.05) is 0 Å². The van der Waals surface area contributed by atoms with Gasteiger partial charge in [0.25, 0.3) is 0 Å². The van der Waals surface area contributed by atoms with Crippen LogP contribution >= 0.6 is 0 Å². The third kappa shape index (κ3) is 4.66. The molecular formula is C53H58. The van der Waals surface area contributed by atoms with Crippen molar-refractivity contribution in [3.8, 4) is 22.3 Å². The molecule has 3 aromatic rings. The second-order valence-electron chi connectivity index (χ2n) is 21.1. The van der Waals surface area contributed by atoms with Crippen molar-refractivity contribution < 1.29 is 0 Å². The summed E-state index contributed by atoms with van der Waals surface area (Å²) in [7, 11) is 0. The number of fused-ring (bicyclic) bond motifs is 6. The maximum Gasteiger partial charge on any atom is 0.0208 e. The van der Waals surface area contributed by atoms with Gasteiger partial charge in [-0.15, -0.1) is 0 Å². The molecule has 0 aliphatic heterocycles. The van der Waals surface area contributed by atoms with E-state index in [9.17, 15) is 0 Å². The van der Waals surface area contributed by atoms with E-state index >= 15 is 0 Å². The van der Waals surface area contributed by atoms with Gasteiger partial charge in [-0.2, -0.15) is 0 Å². The van der Waals surface area contributed by atoms with Crippen molar-refractivity contribution in [2.24, 2.45) is 17.3 Å². The van der Waals surface area contributed by atoms with Crippen molar-refractivity contribution in [2.45, 2.75) is 119 Å². The van der Waals surface area contributed by atoms with Gasteiger partial charge in [0.15, 0.2) is 0 Å². The number of allylic oxidation sites excluding steroid dienone is 14. The topological polar surface area (TPSA) is 0 Å². The molecule has 0 heterocycles. The van der Waals surface area contributed by atoms with Gasteiger partial charge >= 0.3 is 0 Å². The van der Waals surface area contributed by atoms with E-state index in [0.29, 0.717) is 11.8 Å². The van der Waals surface area contributed by atoms with Crippen LogP contribution in [0.4, 0.5) is 0 Å².